The Kier molecular flexibility index (Phi) is 6.82. The average molecular weight is 380 g/mol. The lowest BCUT2D eigenvalue weighted by Crippen LogP contribution is -2.17. The fraction of sp³-hybridized carbons (Fsp3) is 0.318. The van der Waals surface area contributed by atoms with Gasteiger partial charge in [-0.2, -0.15) is 11.8 Å². The van der Waals surface area contributed by atoms with Crippen LogP contribution in [0.2, 0.25) is 0 Å². The zero-order chi connectivity index (χ0) is 19.1. The van der Waals surface area contributed by atoms with Gasteiger partial charge in [0, 0.05) is 35.4 Å². The van der Waals surface area contributed by atoms with Crippen molar-refractivity contribution < 1.29 is 4.79 Å². The molecule has 140 valence electrons. The number of carbonyl (C=O) groups excluding carboxylic acids is 1. The number of nitrogens with two attached hydrogens (primary N) is 1. The number of thioether (sulfide) groups is 1. The Morgan fingerprint density at radius 1 is 1.07 bits per heavy atom. The van der Waals surface area contributed by atoms with E-state index < -0.39 is 0 Å². The Hall–Kier alpha value is -2.40. The largest absolute Gasteiger partial charge is 0.384 e. The first-order valence-electron chi connectivity index (χ1n) is 9.23. The highest BCUT2D eigenvalue weighted by Gasteiger charge is 2.20. The summed E-state index contributed by atoms with van der Waals surface area (Å²) in [4.78, 5) is 21.3. The van der Waals surface area contributed by atoms with E-state index >= 15 is 0 Å². The van der Waals surface area contributed by atoms with E-state index in [0.717, 1.165) is 47.8 Å². The van der Waals surface area contributed by atoms with Crippen LogP contribution in [0.25, 0.3) is 0 Å². The van der Waals surface area contributed by atoms with Crippen molar-refractivity contribution in [2.75, 3.05) is 11.5 Å². The topological polar surface area (TPSA) is 68.3 Å². The molecule has 3 rings (SSSR count). The SMILES string of the molecule is CC1=C(CCc2ccccc2)C(=O)CC(CCSCc2ccnc(N)c2)=N1. The molecule has 0 radical (unpaired) electrons. The first kappa shape index (κ1) is 19.4. The fourth-order valence-corrected chi connectivity index (χ4v) is 4.12. The van der Waals surface area contributed by atoms with E-state index in [1.807, 2.05) is 49.0 Å². The Morgan fingerprint density at radius 2 is 1.89 bits per heavy atom. The zero-order valence-electron chi connectivity index (χ0n) is 15.6. The molecule has 1 aromatic heterocycles. The third-order valence-electron chi connectivity index (χ3n) is 4.62. The van der Waals surface area contributed by atoms with E-state index in [2.05, 4.69) is 17.1 Å². The summed E-state index contributed by atoms with van der Waals surface area (Å²) in [6.45, 7) is 1.96. The van der Waals surface area contributed by atoms with Crippen LogP contribution >= 0.6 is 11.8 Å². The van der Waals surface area contributed by atoms with Crippen LogP contribution in [0.5, 0.6) is 0 Å². The minimum absolute atomic E-state index is 0.236. The summed E-state index contributed by atoms with van der Waals surface area (Å²) in [6.07, 6.45) is 4.70. The lowest BCUT2D eigenvalue weighted by atomic mass is 9.94. The van der Waals surface area contributed by atoms with Crippen LogP contribution in [-0.2, 0) is 17.0 Å². The number of pyridine rings is 1. The van der Waals surface area contributed by atoms with Crippen LogP contribution in [0.4, 0.5) is 5.82 Å². The van der Waals surface area contributed by atoms with Gasteiger partial charge in [-0.05, 0) is 55.2 Å². The number of rotatable bonds is 8. The molecule has 0 fully saturated rings. The third kappa shape index (κ3) is 5.79. The number of allylic oxidation sites excluding steroid dienone is 2. The second-order valence-corrected chi connectivity index (χ2v) is 7.82. The van der Waals surface area contributed by atoms with E-state index in [9.17, 15) is 4.79 Å². The molecule has 2 heterocycles. The molecule has 2 N–H and O–H groups in total. The van der Waals surface area contributed by atoms with Crippen LogP contribution in [0.3, 0.4) is 0 Å². The van der Waals surface area contributed by atoms with E-state index in [1.54, 1.807) is 6.20 Å². The van der Waals surface area contributed by atoms with Gasteiger partial charge in [0.05, 0.1) is 0 Å². The number of hydrogen-bond acceptors (Lipinski definition) is 5. The molecule has 4 nitrogen and oxygen atoms in total. The summed E-state index contributed by atoms with van der Waals surface area (Å²) >= 11 is 1.83. The zero-order valence-corrected chi connectivity index (χ0v) is 16.5. The number of aromatic nitrogens is 1. The number of nitrogen functional groups attached to an aromatic ring is 1. The number of Topliss-reactive ketones (excluding diaryl/α,β-unsaturated/α-hetero) is 1. The minimum Gasteiger partial charge on any atom is -0.384 e. The van der Waals surface area contributed by atoms with Crippen molar-refractivity contribution in [2.24, 2.45) is 4.99 Å². The first-order valence-corrected chi connectivity index (χ1v) is 10.4. The van der Waals surface area contributed by atoms with Gasteiger partial charge < -0.3 is 5.73 Å². The molecule has 1 aliphatic rings. The Balaban J connectivity index is 1.50. The number of hydrogen-bond donors (Lipinski definition) is 1. The van der Waals surface area contributed by atoms with Crippen molar-refractivity contribution >= 4 is 29.1 Å². The highest BCUT2D eigenvalue weighted by Crippen LogP contribution is 2.23. The van der Waals surface area contributed by atoms with Crippen LogP contribution < -0.4 is 5.73 Å². The summed E-state index contributed by atoms with van der Waals surface area (Å²) in [7, 11) is 0. The molecule has 1 aromatic carbocycles. The van der Waals surface area contributed by atoms with Crippen molar-refractivity contribution in [1.82, 2.24) is 4.98 Å². The second kappa shape index (κ2) is 9.51. The van der Waals surface area contributed by atoms with Gasteiger partial charge in [0.15, 0.2) is 5.78 Å². The van der Waals surface area contributed by atoms with Crippen LogP contribution in [-0.4, -0.2) is 22.2 Å². The summed E-state index contributed by atoms with van der Waals surface area (Å²) in [5.74, 6) is 2.63. The lowest BCUT2D eigenvalue weighted by molar-refractivity contribution is -0.114. The summed E-state index contributed by atoms with van der Waals surface area (Å²) < 4.78 is 0. The molecular weight excluding hydrogens is 354 g/mol. The molecule has 0 aliphatic carbocycles. The molecule has 0 saturated carbocycles. The molecular formula is C22H25N3OS. The predicted octanol–water partition coefficient (Wildman–Crippen LogP) is 4.61. The molecule has 0 spiro atoms. The highest BCUT2D eigenvalue weighted by molar-refractivity contribution is 7.98. The Labute approximate surface area is 165 Å². The smallest absolute Gasteiger partial charge is 0.166 e. The molecule has 0 bridgehead atoms. The van der Waals surface area contributed by atoms with Crippen molar-refractivity contribution in [2.45, 2.75) is 38.4 Å². The minimum atomic E-state index is 0.236. The van der Waals surface area contributed by atoms with Gasteiger partial charge in [0.1, 0.15) is 5.82 Å². The quantitative estimate of drug-likeness (QED) is 0.680. The molecule has 27 heavy (non-hydrogen) atoms. The fourth-order valence-electron chi connectivity index (χ4n) is 3.18. The van der Waals surface area contributed by atoms with Crippen molar-refractivity contribution in [3.8, 4) is 0 Å². The van der Waals surface area contributed by atoms with E-state index in [1.165, 1.54) is 11.1 Å². The molecule has 1 aliphatic heterocycles. The number of nitrogens with zero attached hydrogens (tertiary/aromatic N) is 2. The van der Waals surface area contributed by atoms with Gasteiger partial charge in [0.2, 0.25) is 0 Å². The third-order valence-corrected chi connectivity index (χ3v) is 5.65. The molecule has 0 saturated heterocycles. The Morgan fingerprint density at radius 3 is 2.63 bits per heavy atom. The van der Waals surface area contributed by atoms with Gasteiger partial charge in [-0.15, -0.1) is 0 Å². The van der Waals surface area contributed by atoms with Gasteiger partial charge >= 0.3 is 0 Å². The van der Waals surface area contributed by atoms with E-state index in [0.29, 0.717) is 12.2 Å². The molecule has 5 heteroatoms. The van der Waals surface area contributed by atoms with E-state index in [4.69, 9.17) is 10.7 Å². The second-order valence-electron chi connectivity index (χ2n) is 6.72. The predicted molar refractivity (Wildman–Crippen MR) is 114 cm³/mol. The lowest BCUT2D eigenvalue weighted by Gasteiger charge is -2.16. The van der Waals surface area contributed by atoms with E-state index in [-0.39, 0.29) is 5.78 Å². The van der Waals surface area contributed by atoms with Crippen molar-refractivity contribution in [1.29, 1.82) is 0 Å². The van der Waals surface area contributed by atoms with Gasteiger partial charge in [-0.25, -0.2) is 4.98 Å². The number of carbonyl (C=O) groups is 1. The first-order chi connectivity index (χ1) is 13.1. The molecule has 0 amide bonds. The number of anilines is 1. The average Bonchev–Trinajstić information content (AvgIpc) is 2.65. The molecule has 0 unspecified atom stereocenters. The van der Waals surface area contributed by atoms with Crippen LogP contribution in [0.1, 0.15) is 37.3 Å². The number of aliphatic imine (C=N–C) groups is 1. The normalized spacial score (nSPS) is 14.4. The summed E-state index contributed by atoms with van der Waals surface area (Å²) in [5, 5.41) is 0. The van der Waals surface area contributed by atoms with Gasteiger partial charge in [-0.1, -0.05) is 30.3 Å². The standard InChI is InChI=1S/C22H25N3OS/c1-16-20(8-7-17-5-3-2-4-6-17)21(26)14-19(25-16)10-12-27-15-18-9-11-24-22(23)13-18/h2-6,9,11,13H,7-8,10,12,14-15H2,1H3,(H2,23,24). The number of ketones is 1. The summed E-state index contributed by atoms with van der Waals surface area (Å²) in [5.41, 5.74) is 10.9. The summed E-state index contributed by atoms with van der Waals surface area (Å²) in [6, 6.07) is 14.2. The maximum atomic E-state index is 12.6. The number of benzene rings is 1. The monoisotopic (exact) mass is 379 g/mol. The van der Waals surface area contributed by atoms with Crippen LogP contribution in [0, 0.1) is 0 Å². The Bertz CT molecular complexity index is 859. The maximum Gasteiger partial charge on any atom is 0.166 e. The molecule has 0 atom stereocenters. The number of aryl methyl sites for hydroxylation is 1. The van der Waals surface area contributed by atoms with Crippen molar-refractivity contribution in [3.63, 3.8) is 0 Å². The molecule has 2 aromatic rings. The van der Waals surface area contributed by atoms with Gasteiger partial charge in [0.25, 0.3) is 0 Å². The van der Waals surface area contributed by atoms with Crippen LogP contribution in [0.15, 0.2) is 64.9 Å². The van der Waals surface area contributed by atoms with Gasteiger partial charge in [-0.3, -0.25) is 9.79 Å². The highest BCUT2D eigenvalue weighted by atomic mass is 32.2. The van der Waals surface area contributed by atoms with Crippen molar-refractivity contribution in [3.05, 3.63) is 71.1 Å². The maximum absolute atomic E-state index is 12.6.